The summed E-state index contributed by atoms with van der Waals surface area (Å²) < 4.78 is 11.3. The minimum atomic E-state index is -0.561. The van der Waals surface area contributed by atoms with Gasteiger partial charge in [0.1, 0.15) is 12.1 Å². The maximum Gasteiger partial charge on any atom is 0.335 e. The normalized spacial score (nSPS) is 40.1. The third kappa shape index (κ3) is 3.88. The molecule has 5 rings (SSSR count). The van der Waals surface area contributed by atoms with Crippen LogP contribution < -0.4 is 11.4 Å². The first-order valence-corrected chi connectivity index (χ1v) is 13.4. The number of ether oxygens (including phenoxy) is 1. The van der Waals surface area contributed by atoms with Gasteiger partial charge in [-0.2, -0.15) is 0 Å². The highest BCUT2D eigenvalue weighted by Gasteiger charge is 2.59. The van der Waals surface area contributed by atoms with E-state index in [1.807, 2.05) is 19.9 Å². The molecule has 1 unspecified atom stereocenters. The fourth-order valence-electron chi connectivity index (χ4n) is 8.08. The molecule has 0 spiro atoms. The van der Waals surface area contributed by atoms with Crippen LogP contribution in [0.2, 0.25) is 0 Å². The number of allylic oxidation sites excluding steroid dienone is 2. The van der Waals surface area contributed by atoms with Gasteiger partial charge in [0, 0.05) is 6.07 Å². The third-order valence-electron chi connectivity index (χ3n) is 10.3. The van der Waals surface area contributed by atoms with Crippen molar-refractivity contribution in [3.63, 3.8) is 0 Å². The lowest BCUT2D eigenvalue weighted by Crippen LogP contribution is -2.54. The first kappa shape index (κ1) is 23.8. The van der Waals surface area contributed by atoms with Crippen molar-refractivity contribution in [2.45, 2.75) is 97.1 Å². The Morgan fingerprint density at radius 1 is 1.15 bits per heavy atom. The van der Waals surface area contributed by atoms with E-state index in [1.165, 1.54) is 25.7 Å². The summed E-state index contributed by atoms with van der Waals surface area (Å²) in [6, 6.07) is 3.00. The zero-order chi connectivity index (χ0) is 24.3. The van der Waals surface area contributed by atoms with Crippen LogP contribution in [-0.4, -0.2) is 18.1 Å². The highest BCUT2D eigenvalue weighted by atomic mass is 16.5. The molecule has 4 aliphatic rings. The Morgan fingerprint density at radius 2 is 1.94 bits per heavy atom. The van der Waals surface area contributed by atoms with Gasteiger partial charge in [-0.3, -0.25) is 4.79 Å². The fourth-order valence-corrected chi connectivity index (χ4v) is 8.08. The van der Waals surface area contributed by atoms with Crippen molar-refractivity contribution >= 4 is 5.97 Å². The number of carbonyl (C=O) groups excluding carboxylic acids is 1. The summed E-state index contributed by atoms with van der Waals surface area (Å²) in [7, 11) is 0. The van der Waals surface area contributed by atoms with Crippen LogP contribution in [0.5, 0.6) is 0 Å². The van der Waals surface area contributed by atoms with Gasteiger partial charge in [-0.1, -0.05) is 39.3 Å². The first-order chi connectivity index (χ1) is 16.1. The molecule has 0 bridgehead atoms. The van der Waals surface area contributed by atoms with E-state index in [-0.39, 0.29) is 29.0 Å². The summed E-state index contributed by atoms with van der Waals surface area (Å²) in [4.78, 5) is 24.3. The Labute approximate surface area is 203 Å². The average molecular weight is 468 g/mol. The molecule has 5 nitrogen and oxygen atoms in total. The highest BCUT2D eigenvalue weighted by molar-refractivity contribution is 5.75. The third-order valence-corrected chi connectivity index (χ3v) is 10.3. The molecule has 1 heterocycles. The Kier molecular flexibility index (Phi) is 6.07. The molecule has 5 heteroatoms. The number of fused-ring (bicyclic) bond motifs is 5. The number of hydrogen-bond donors (Lipinski definition) is 1. The second-order valence-corrected chi connectivity index (χ2v) is 12.5. The molecule has 0 saturated heterocycles. The molecule has 0 aromatic carbocycles. The van der Waals surface area contributed by atoms with Crippen molar-refractivity contribution in [1.82, 2.24) is 0 Å². The van der Waals surface area contributed by atoms with E-state index < -0.39 is 6.04 Å². The monoisotopic (exact) mass is 467 g/mol. The van der Waals surface area contributed by atoms with Crippen LogP contribution in [0.1, 0.15) is 90.5 Å². The van der Waals surface area contributed by atoms with Gasteiger partial charge >= 0.3 is 11.6 Å². The number of carbonyl (C=O) groups is 1. The Morgan fingerprint density at radius 3 is 2.65 bits per heavy atom. The Hall–Kier alpha value is -1.88. The lowest BCUT2D eigenvalue weighted by molar-refractivity contribution is -0.160. The SMILES string of the molecule is CC(C)[C@@H](N)C(=O)O[C@H]1CC[C@@]2(C)[C@H](CC(c3ccc(=O)oc3)[C@@H]3C4=CCC[C@]4(C)CC[C@@H]32)C1. The average Bonchev–Trinajstić information content (AvgIpc) is 3.20. The molecule has 3 saturated carbocycles. The van der Waals surface area contributed by atoms with Gasteiger partial charge in [0.15, 0.2) is 0 Å². The van der Waals surface area contributed by atoms with Gasteiger partial charge in [0.25, 0.3) is 0 Å². The second kappa shape index (κ2) is 8.65. The van der Waals surface area contributed by atoms with E-state index in [1.54, 1.807) is 17.9 Å². The van der Waals surface area contributed by atoms with Gasteiger partial charge < -0.3 is 14.9 Å². The molecule has 186 valence electrons. The van der Waals surface area contributed by atoms with Crippen molar-refractivity contribution in [3.8, 4) is 0 Å². The zero-order valence-corrected chi connectivity index (χ0v) is 21.2. The molecule has 8 atom stereocenters. The van der Waals surface area contributed by atoms with E-state index in [2.05, 4.69) is 19.9 Å². The lowest BCUT2D eigenvalue weighted by atomic mass is 9.43. The number of hydrogen-bond acceptors (Lipinski definition) is 5. The van der Waals surface area contributed by atoms with E-state index in [9.17, 15) is 9.59 Å². The Balaban J connectivity index is 1.45. The second-order valence-electron chi connectivity index (χ2n) is 12.5. The summed E-state index contributed by atoms with van der Waals surface area (Å²) in [5.41, 5.74) is 9.16. The highest BCUT2D eigenvalue weighted by Crippen LogP contribution is 2.68. The van der Waals surface area contributed by atoms with Gasteiger partial charge in [-0.15, -0.1) is 0 Å². The molecule has 1 aromatic heterocycles. The Bertz CT molecular complexity index is 1010. The summed E-state index contributed by atoms with van der Waals surface area (Å²) in [6.07, 6.45) is 13.1. The smallest absolute Gasteiger partial charge is 0.335 e. The van der Waals surface area contributed by atoms with Gasteiger partial charge in [0.05, 0.1) is 6.26 Å². The maximum absolute atomic E-state index is 12.6. The summed E-state index contributed by atoms with van der Waals surface area (Å²) in [6.45, 7) is 8.89. The van der Waals surface area contributed by atoms with Crippen molar-refractivity contribution in [2.24, 2.45) is 40.2 Å². The maximum atomic E-state index is 12.6. The van der Waals surface area contributed by atoms with Gasteiger partial charge in [0.2, 0.25) is 0 Å². The van der Waals surface area contributed by atoms with Crippen LogP contribution in [0.4, 0.5) is 0 Å². The largest absolute Gasteiger partial charge is 0.461 e. The fraction of sp³-hybridized carbons (Fsp3) is 0.724. The van der Waals surface area contributed by atoms with E-state index >= 15 is 0 Å². The predicted octanol–water partition coefficient (Wildman–Crippen LogP) is 5.58. The van der Waals surface area contributed by atoms with Crippen molar-refractivity contribution in [1.29, 1.82) is 0 Å². The molecular formula is C29H41NO4. The van der Waals surface area contributed by atoms with Gasteiger partial charge in [-0.25, -0.2) is 4.79 Å². The molecule has 1 aromatic rings. The van der Waals surface area contributed by atoms with Crippen LogP contribution >= 0.6 is 0 Å². The summed E-state index contributed by atoms with van der Waals surface area (Å²) in [5.74, 6) is 1.73. The predicted molar refractivity (Wildman–Crippen MR) is 132 cm³/mol. The minimum absolute atomic E-state index is 0.0548. The van der Waals surface area contributed by atoms with E-state index in [4.69, 9.17) is 14.9 Å². The van der Waals surface area contributed by atoms with Crippen molar-refractivity contribution in [2.75, 3.05) is 0 Å². The van der Waals surface area contributed by atoms with Crippen LogP contribution in [0.25, 0.3) is 0 Å². The van der Waals surface area contributed by atoms with Crippen LogP contribution in [0, 0.1) is 34.5 Å². The first-order valence-electron chi connectivity index (χ1n) is 13.4. The molecule has 3 fully saturated rings. The molecule has 34 heavy (non-hydrogen) atoms. The van der Waals surface area contributed by atoms with Crippen LogP contribution in [0.3, 0.4) is 0 Å². The van der Waals surface area contributed by atoms with Gasteiger partial charge in [-0.05, 0) is 103 Å². The standard InChI is InChI=1S/C29H41NO4/c1-17(2)26(30)27(32)34-20-9-13-29(4)19(14-20)15-21(18-7-8-24(31)33-16-18)25-22-6-5-11-28(22,3)12-10-23(25)29/h6-8,16-17,19-21,23,25-26H,5,9-15,30H2,1-4H3/t19-,20-,21?,23-,25+,26+,28+,29-/m0/s1. The molecular weight excluding hydrogens is 426 g/mol. The minimum Gasteiger partial charge on any atom is -0.461 e. The van der Waals surface area contributed by atoms with E-state index in [0.29, 0.717) is 29.1 Å². The van der Waals surface area contributed by atoms with E-state index in [0.717, 1.165) is 31.2 Å². The number of esters is 1. The topological polar surface area (TPSA) is 82.5 Å². The molecule has 4 aliphatic carbocycles. The van der Waals surface area contributed by atoms with Crippen molar-refractivity contribution < 1.29 is 13.9 Å². The molecule has 2 N–H and O–H groups in total. The lowest BCUT2D eigenvalue weighted by Gasteiger charge is -2.61. The molecule has 0 radical (unpaired) electrons. The zero-order valence-electron chi connectivity index (χ0n) is 21.2. The van der Waals surface area contributed by atoms with Crippen LogP contribution in [0.15, 0.2) is 39.3 Å². The van der Waals surface area contributed by atoms with Crippen LogP contribution in [-0.2, 0) is 9.53 Å². The summed E-state index contributed by atoms with van der Waals surface area (Å²) in [5, 5.41) is 0. The molecule has 0 aliphatic heterocycles. The number of rotatable bonds is 4. The van der Waals surface area contributed by atoms with Crippen molar-refractivity contribution in [3.05, 3.63) is 46.0 Å². The number of nitrogens with two attached hydrogens (primary N) is 1. The summed E-state index contributed by atoms with van der Waals surface area (Å²) >= 11 is 0. The molecule has 0 amide bonds. The quantitative estimate of drug-likeness (QED) is 0.462.